The van der Waals surface area contributed by atoms with Gasteiger partial charge in [-0.2, -0.15) is 0 Å². The minimum absolute atomic E-state index is 0.0643. The number of phosphoric acid groups is 4. The molecule has 16 rings (SSSR count). The number of fused-ring (bicyclic) bond motifs is 4. The zero-order valence-corrected chi connectivity index (χ0v) is 72.1. The Bertz CT molecular complexity index is 6800. The molecule has 0 aliphatic carbocycles. The van der Waals surface area contributed by atoms with Crippen LogP contribution in [-0.2, 0) is 99.8 Å². The molecule has 12 heterocycles. The number of nitrogens with one attached hydrogen (secondary N) is 4. The lowest BCUT2D eigenvalue weighted by atomic mass is 10.1. The highest BCUT2D eigenvalue weighted by molar-refractivity contribution is 7.71. The average Bonchev–Trinajstić information content (AvgIpc) is 1.48. The Balaban J connectivity index is 0.000000152. The van der Waals surface area contributed by atoms with Crippen LogP contribution in [0.25, 0.3) is 0 Å². The molecule has 8 aromatic rings. The average molecular weight is 1960 g/mol. The minimum Gasteiger partial charge on any atom is -0.403 e. The van der Waals surface area contributed by atoms with Gasteiger partial charge in [-0.3, -0.25) is 113 Å². The van der Waals surface area contributed by atoms with Crippen LogP contribution >= 0.6 is 80.2 Å². The van der Waals surface area contributed by atoms with Crippen LogP contribution in [0.1, 0.15) is 119 Å². The molecule has 0 amide bonds. The Kier molecular flexibility index (Phi) is 26.0. The van der Waals surface area contributed by atoms with E-state index in [-0.39, 0.29) is 84.9 Å². The Labute approximate surface area is 742 Å². The van der Waals surface area contributed by atoms with Gasteiger partial charge in [0.2, 0.25) is 0 Å². The Morgan fingerprint density at radius 2 is 0.648 bits per heavy atom. The quantitative estimate of drug-likeness (QED) is 0.0163. The number of nitrogens with zero attached hydrogens (tertiary/aromatic N) is 4. The first-order valence-corrected chi connectivity index (χ1v) is 44.0. The van der Waals surface area contributed by atoms with E-state index in [0.29, 0.717) is 59.8 Å². The highest BCUT2D eigenvalue weighted by Gasteiger charge is 2.62. The van der Waals surface area contributed by atoms with E-state index < -0.39 is 208 Å². The van der Waals surface area contributed by atoms with Crippen molar-refractivity contribution >= 4 is 105 Å². The summed E-state index contributed by atoms with van der Waals surface area (Å²) in [5.74, 6) is -13.5. The molecule has 688 valence electrons. The summed E-state index contributed by atoms with van der Waals surface area (Å²) in [6.07, 6.45) is -24.4. The van der Waals surface area contributed by atoms with E-state index >= 15 is 17.6 Å². The fraction of sp³-hybridized carbons (Fsp3) is 0.389. The van der Waals surface area contributed by atoms with Crippen LogP contribution in [0.15, 0.2) is 117 Å². The van der Waals surface area contributed by atoms with Crippen molar-refractivity contribution in [2.45, 2.75) is 151 Å². The fourth-order valence-corrected chi connectivity index (χ4v) is 18.6. The molecular weight excluding hydrogens is 1880 g/mol. The Morgan fingerprint density at radius 3 is 0.961 bits per heavy atom. The van der Waals surface area contributed by atoms with E-state index in [4.69, 9.17) is 130 Å². The molecule has 0 radical (unpaired) electrons. The number of para-hydroxylation sites is 4. The number of hydrogen-bond acceptors (Lipinski definition) is 40. The molecule has 8 aliphatic heterocycles. The van der Waals surface area contributed by atoms with Gasteiger partial charge in [0.25, 0.3) is 45.7 Å². The number of carbonyl (C=O) groups is 4. The van der Waals surface area contributed by atoms with Gasteiger partial charge in [-0.1, -0.05) is 72.8 Å². The van der Waals surface area contributed by atoms with Gasteiger partial charge in [0.1, 0.15) is 98.2 Å². The minimum atomic E-state index is -4.85. The van der Waals surface area contributed by atoms with Crippen LogP contribution in [0, 0.1) is 46.8 Å². The van der Waals surface area contributed by atoms with Gasteiger partial charge in [-0.15, -0.1) is 0 Å². The number of aryl methyl sites for hydroxylation is 4. The molecule has 12 N–H and O–H groups in total. The second-order valence-corrected chi connectivity index (χ2v) is 36.0. The molecule has 8 aliphatic rings. The number of aldehydes is 4. The molecule has 128 heavy (non-hydrogen) atoms. The second kappa shape index (κ2) is 37.7. The van der Waals surface area contributed by atoms with Crippen molar-refractivity contribution < 1.29 is 177 Å². The van der Waals surface area contributed by atoms with Gasteiger partial charge in [0.15, 0.2) is 69.1 Å². The highest BCUT2D eigenvalue weighted by atomic mass is 32.1. The molecule has 4 aromatic heterocycles. The normalized spacial score (nSPS) is 33.8. The smallest absolute Gasteiger partial charge is 0.403 e. The number of aliphatic hydroxyl groups excluding tert-OH is 8. The number of aliphatic hydroxyl groups is 8. The number of H-pyrrole nitrogens is 4. The molecule has 0 saturated carbocycles. The van der Waals surface area contributed by atoms with Crippen LogP contribution in [0.5, 0.6) is 23.0 Å². The number of hydrogen-bond donors (Lipinski definition) is 12. The third kappa shape index (κ3) is 19.7. The monoisotopic (exact) mass is 1960 g/mol. The predicted molar refractivity (Wildman–Crippen MR) is 430 cm³/mol. The van der Waals surface area contributed by atoms with E-state index in [1.165, 1.54) is 0 Å². The molecule has 4 fully saturated rings. The molecule has 4 saturated heterocycles. The number of aromatic nitrogens is 8. The second-order valence-electron chi connectivity index (χ2n) is 28.2. The van der Waals surface area contributed by atoms with Gasteiger partial charge < -0.3 is 77.9 Å². The predicted octanol–water partition coefficient (Wildman–Crippen LogP) is 6.71. The fourth-order valence-electron chi connectivity index (χ4n) is 12.7. The zero-order chi connectivity index (χ0) is 98.5. The molecule has 0 spiro atoms. The maximum Gasteiger partial charge on any atom is 0.530 e. The number of halogens is 4. The van der Waals surface area contributed by atoms with Gasteiger partial charge in [0, 0.05) is 47.0 Å². The third-order valence-corrected chi connectivity index (χ3v) is 25.7. The van der Waals surface area contributed by atoms with E-state index in [1.54, 1.807) is 100 Å². The summed E-state index contributed by atoms with van der Waals surface area (Å²) < 4.78 is 245. The number of alkyl halides is 4. The molecule has 56 heteroatoms. The van der Waals surface area contributed by atoms with Crippen molar-refractivity contribution in [1.29, 1.82) is 0 Å². The van der Waals surface area contributed by atoms with Gasteiger partial charge >= 0.3 is 31.3 Å². The van der Waals surface area contributed by atoms with E-state index in [0.717, 1.165) is 27.7 Å². The van der Waals surface area contributed by atoms with Crippen LogP contribution in [0.4, 0.5) is 17.6 Å². The summed E-state index contributed by atoms with van der Waals surface area (Å²) in [7, 11) is -18.2. The largest absolute Gasteiger partial charge is 0.530 e. The summed E-state index contributed by atoms with van der Waals surface area (Å²) in [5, 5.41) is 82.8. The summed E-state index contributed by atoms with van der Waals surface area (Å²) >= 11 is 19.7. The maximum atomic E-state index is 15.9. The Hall–Kier alpha value is -9.00. The van der Waals surface area contributed by atoms with Crippen LogP contribution < -0.4 is 40.3 Å². The van der Waals surface area contributed by atoms with Crippen molar-refractivity contribution in [3.63, 3.8) is 0 Å². The molecule has 20 atom stereocenters. The number of rotatable bonds is 20. The van der Waals surface area contributed by atoms with Crippen LogP contribution in [0.3, 0.4) is 0 Å². The topological polar surface area (TPSA) is 597 Å². The summed E-state index contributed by atoms with van der Waals surface area (Å²) in [4.78, 5) is 99.5. The number of phosphoric ester groups is 4. The first-order chi connectivity index (χ1) is 62.5. The van der Waals surface area contributed by atoms with Crippen LogP contribution in [-0.4, -0.2) is 203 Å². The summed E-state index contributed by atoms with van der Waals surface area (Å²) in [5.41, 5.74) is -0.879. The van der Waals surface area contributed by atoms with Crippen molar-refractivity contribution in [1.82, 2.24) is 38.2 Å². The van der Waals surface area contributed by atoms with Gasteiger partial charge in [-0.05, 0) is 98.8 Å². The van der Waals surface area contributed by atoms with Crippen molar-refractivity contribution in [2.75, 3.05) is 26.3 Å². The summed E-state index contributed by atoms with van der Waals surface area (Å²) in [6, 6.07) is 20.1. The number of benzene rings is 4. The molecule has 0 bridgehead atoms. The lowest BCUT2D eigenvalue weighted by Gasteiger charge is -2.29. The number of ether oxygens (including phenoxy) is 4. The number of carbonyl (C=O) groups excluding carboxylic acids is 4. The third-order valence-electron chi connectivity index (χ3n) is 19.5. The number of aromatic amines is 4. The Morgan fingerprint density at radius 1 is 0.406 bits per heavy atom. The van der Waals surface area contributed by atoms with Crippen molar-refractivity contribution in [2.24, 2.45) is 0 Å². The van der Waals surface area contributed by atoms with Crippen molar-refractivity contribution in [3.05, 3.63) is 225 Å². The van der Waals surface area contributed by atoms with E-state index in [1.807, 2.05) is 4.98 Å². The molecule has 44 nitrogen and oxygen atoms in total. The van der Waals surface area contributed by atoms with Crippen molar-refractivity contribution in [3.8, 4) is 23.0 Å². The standard InChI is InChI=1S/4C18H18FN2O9PS/c4*1-9-3-2-4-10-7-27-31(26,30-13(9)10)28-8-18(19)14(24)12(23)16(29-18)21-5-11(6-22)15(25)20-17(21)32/h4*2-6,12,14,16,23-24H,7-8H2,1H3,(H,20,25,32)/t4*12-,14+,16-,18-,31?/m1111/s1/i8D2,16D;16D;8D2;. The first kappa shape index (κ1) is 88.3. The molecule has 4 aromatic carbocycles. The maximum absolute atomic E-state index is 15.9. The zero-order valence-electron chi connectivity index (χ0n) is 71.3. The molecule has 4 unspecified atom stereocenters. The van der Waals surface area contributed by atoms with Crippen LogP contribution in [0.2, 0.25) is 0 Å². The lowest BCUT2D eigenvalue weighted by molar-refractivity contribution is -0.205. The van der Waals surface area contributed by atoms with E-state index in [9.17, 15) is 97.5 Å². The lowest BCUT2D eigenvalue weighted by Crippen LogP contribution is -2.43. The van der Waals surface area contributed by atoms with Gasteiger partial charge in [0.05, 0.1) is 56.9 Å². The van der Waals surface area contributed by atoms with Gasteiger partial charge in [-0.25, -0.2) is 35.8 Å². The molecular formula is C72H72F4N8O36P4S4. The SMILES string of the molecule is Cc1cccc2c1OP(=O)(OC[C@@]1(F)O[C@@H](n3cc(C=O)c(=O)[nH]c3=S)[C@H](O)[C@@H]1O)OC2.[2H]C([2H])(OP1(=O)OCc2cccc(C)c2O1)[C@@]1(F)O[C@@H](n2cc(C=O)c(=O)[nH]c2=S)[C@H](O)[C@@H]1O.[2H]C([2H])(OP1(=O)OCc2cccc(C)c2O1)[C@@]1(F)O[C@@]([2H])(n2cc(C=O)c(=O)[nH]c2=S)[C@H](O)[C@@H]1O.[2H][C@@]1(n2cc(C=O)c(=O)[nH]c2=S)O[C@](F)(COP2(=O)OCc3cccc(C)c3O2)[C@@H](O)[C@H]1O. The first-order valence-electron chi connectivity index (χ1n) is 39.5. The summed E-state index contributed by atoms with van der Waals surface area (Å²) in [6.45, 7) is -4.16. The highest BCUT2D eigenvalue weighted by Crippen LogP contribution is 2.61. The van der Waals surface area contributed by atoms with E-state index in [2.05, 4.69) is 15.0 Å².